The Morgan fingerprint density at radius 2 is 1.67 bits per heavy atom. The maximum absolute atomic E-state index is 12.1. The van der Waals surface area contributed by atoms with Gasteiger partial charge in [-0.15, -0.1) is 11.8 Å². The van der Waals surface area contributed by atoms with Crippen LogP contribution >= 0.6 is 0 Å². The summed E-state index contributed by atoms with van der Waals surface area (Å²) in [6.45, 7) is 1.67. The van der Waals surface area contributed by atoms with E-state index in [-0.39, 0.29) is 49.8 Å². The van der Waals surface area contributed by atoms with Crippen molar-refractivity contribution < 1.29 is 57.2 Å². The van der Waals surface area contributed by atoms with Crippen LogP contribution < -0.4 is 0 Å². The van der Waals surface area contributed by atoms with E-state index in [9.17, 15) is 13.2 Å². The largest absolute Gasteiger partial charge is 0.699 e. The molecule has 0 saturated carbocycles. The van der Waals surface area contributed by atoms with Crippen molar-refractivity contribution in [1.82, 2.24) is 0 Å². The van der Waals surface area contributed by atoms with E-state index in [4.69, 9.17) is 5.73 Å². The summed E-state index contributed by atoms with van der Waals surface area (Å²) in [6.07, 6.45) is -2.78. The number of halogens is 3. The number of alkyl halides is 3. The first-order valence-corrected chi connectivity index (χ1v) is 4.00. The molecule has 1 N–H and O–H groups in total. The second-order valence-electron chi connectivity index (χ2n) is 2.78. The first-order chi connectivity index (χ1) is 6.45. The Morgan fingerprint density at radius 1 is 1.20 bits per heavy atom. The fourth-order valence-corrected chi connectivity index (χ4v) is 1.01. The first-order valence-electron chi connectivity index (χ1n) is 4.00. The Labute approximate surface area is 122 Å². The predicted molar refractivity (Wildman–Crippen MR) is 49.4 cm³/mol. The number of nitrogens with one attached hydrogen (secondary N) is 1. The van der Waals surface area contributed by atoms with Crippen molar-refractivity contribution in [2.75, 3.05) is 0 Å². The quantitative estimate of drug-likeness (QED) is 0.644. The van der Waals surface area contributed by atoms with Crippen LogP contribution in [-0.2, 0) is 6.18 Å². The maximum atomic E-state index is 12.1. The fraction of sp³-hybridized carbons (Fsp3) is 0.200. The Hall–Kier alpha value is -0.00844. The van der Waals surface area contributed by atoms with Crippen molar-refractivity contribution in [3.05, 3.63) is 47.2 Å². The molecule has 0 aliphatic rings. The molecule has 5 heteroatoms. The molecule has 0 heterocycles. The summed E-state index contributed by atoms with van der Waals surface area (Å²) in [6, 6.07) is 4.55. The maximum Gasteiger partial charge on any atom is 0.416 e. The second-order valence-corrected chi connectivity index (χ2v) is 2.78. The summed E-state index contributed by atoms with van der Waals surface area (Å²) < 4.78 is 36.4. The molecule has 15 heavy (non-hydrogen) atoms. The smallest absolute Gasteiger partial charge is 0.416 e. The third-order valence-electron chi connectivity index (χ3n) is 1.81. The molecule has 0 atom stereocenters. The molecule has 79 valence electrons. The Balaban J connectivity index is 0.00000196. The van der Waals surface area contributed by atoms with Gasteiger partial charge in [0.1, 0.15) is 0 Å². The third kappa shape index (κ3) is 4.16. The van der Waals surface area contributed by atoms with E-state index in [0.29, 0.717) is 5.56 Å². The average Bonchev–Trinajstić information content (AvgIpc) is 2.15. The van der Waals surface area contributed by atoms with Crippen molar-refractivity contribution in [1.29, 1.82) is 0 Å². The number of benzene rings is 1. The van der Waals surface area contributed by atoms with Gasteiger partial charge < -0.3 is 5.73 Å². The molecule has 0 aliphatic carbocycles. The minimum atomic E-state index is -4.31. The zero-order chi connectivity index (χ0) is 10.8. The SMILES string of the molecule is CC=C([NH-])c1ccc(C(F)(F)F)cc1.[Ac]. The summed E-state index contributed by atoms with van der Waals surface area (Å²) in [5.74, 6) is 0. The molecule has 1 radical (unpaired) electrons. The molecule has 0 aliphatic heterocycles. The molecule has 1 aromatic rings. The van der Waals surface area contributed by atoms with E-state index in [1.54, 1.807) is 6.92 Å². The van der Waals surface area contributed by atoms with Gasteiger partial charge in [-0.2, -0.15) is 13.2 Å². The van der Waals surface area contributed by atoms with Crippen LogP contribution in [0.3, 0.4) is 0 Å². The zero-order valence-corrected chi connectivity index (χ0v) is 12.8. The summed E-state index contributed by atoms with van der Waals surface area (Å²) in [4.78, 5) is 0. The van der Waals surface area contributed by atoms with Gasteiger partial charge in [-0.05, 0) is 24.6 Å². The molecule has 0 saturated heterocycles. The topological polar surface area (TPSA) is 23.8 Å². The number of allylic oxidation sites excluding steroid dienone is 1. The van der Waals surface area contributed by atoms with Crippen LogP contribution in [0, 0.1) is 44.1 Å². The second kappa shape index (κ2) is 5.91. The fourth-order valence-electron chi connectivity index (χ4n) is 1.01. The minimum Gasteiger partial charge on any atom is -0.699 e. The van der Waals surface area contributed by atoms with E-state index in [1.165, 1.54) is 18.2 Å². The average molecular weight is 427 g/mol. The number of hydrogen-bond acceptors (Lipinski definition) is 0. The van der Waals surface area contributed by atoms with Crippen molar-refractivity contribution in [3.63, 3.8) is 0 Å². The van der Waals surface area contributed by atoms with Gasteiger partial charge in [-0.3, -0.25) is 0 Å². The standard InChI is InChI=1S/C10H9F3N.Ac/c1-2-9(14)7-3-5-8(6-4-7)10(11,12)13;/h2-6,14H,1H3;/q-1;. The molecule has 1 rings (SSSR count). The normalized spacial score (nSPS) is 12.1. The van der Waals surface area contributed by atoms with Gasteiger partial charge in [0.25, 0.3) is 0 Å². The molecular weight excluding hydrogens is 418 g/mol. The Morgan fingerprint density at radius 3 is 2.00 bits per heavy atom. The molecule has 0 spiro atoms. The van der Waals surface area contributed by atoms with Crippen molar-refractivity contribution in [2.45, 2.75) is 13.1 Å². The van der Waals surface area contributed by atoms with Gasteiger partial charge in [-0.1, -0.05) is 12.1 Å². The molecule has 0 fully saturated rings. The van der Waals surface area contributed by atoms with E-state index in [0.717, 1.165) is 12.1 Å². The molecule has 0 bridgehead atoms. The number of hydrogen-bond donors (Lipinski definition) is 0. The van der Waals surface area contributed by atoms with Crippen molar-refractivity contribution in [3.8, 4) is 0 Å². The summed E-state index contributed by atoms with van der Waals surface area (Å²) in [7, 11) is 0. The van der Waals surface area contributed by atoms with Gasteiger partial charge in [-0.25, -0.2) is 0 Å². The van der Waals surface area contributed by atoms with Gasteiger partial charge in [0.15, 0.2) is 0 Å². The van der Waals surface area contributed by atoms with Gasteiger partial charge in [0.05, 0.1) is 5.56 Å². The Kier molecular flexibility index (Phi) is 5.91. The van der Waals surface area contributed by atoms with E-state index in [1.807, 2.05) is 0 Å². The van der Waals surface area contributed by atoms with Crippen LogP contribution in [-0.4, -0.2) is 0 Å². The summed E-state index contributed by atoms with van der Waals surface area (Å²) >= 11 is 0. The van der Waals surface area contributed by atoms with Crippen LogP contribution in [0.5, 0.6) is 0 Å². The van der Waals surface area contributed by atoms with E-state index in [2.05, 4.69) is 0 Å². The van der Waals surface area contributed by atoms with Crippen LogP contribution in [0.2, 0.25) is 0 Å². The molecular formula is C10H9AcF3N-. The number of rotatable bonds is 1. The predicted octanol–water partition coefficient (Wildman–Crippen LogP) is 4.12. The van der Waals surface area contributed by atoms with Crippen LogP contribution in [0.25, 0.3) is 11.4 Å². The van der Waals surface area contributed by atoms with Gasteiger partial charge >= 0.3 is 6.18 Å². The third-order valence-corrected chi connectivity index (χ3v) is 1.81. The zero-order valence-electron chi connectivity index (χ0n) is 8.10. The van der Waals surface area contributed by atoms with Crippen LogP contribution in [0.15, 0.2) is 30.3 Å². The van der Waals surface area contributed by atoms with Crippen molar-refractivity contribution in [2.24, 2.45) is 0 Å². The minimum absolute atomic E-state index is 0. The molecule has 0 unspecified atom stereocenters. The van der Waals surface area contributed by atoms with Gasteiger partial charge in [0, 0.05) is 44.1 Å². The van der Waals surface area contributed by atoms with E-state index < -0.39 is 11.7 Å². The van der Waals surface area contributed by atoms with Crippen LogP contribution in [0.4, 0.5) is 13.2 Å². The van der Waals surface area contributed by atoms with Gasteiger partial charge in [0.2, 0.25) is 0 Å². The summed E-state index contributed by atoms with van der Waals surface area (Å²) in [5, 5.41) is 0. The first kappa shape index (κ1) is 15.0. The summed E-state index contributed by atoms with van der Waals surface area (Å²) in [5.41, 5.74) is 7.39. The molecule has 1 nitrogen and oxygen atoms in total. The molecule has 0 aromatic heterocycles. The molecule has 1 aromatic carbocycles. The van der Waals surface area contributed by atoms with Crippen LogP contribution in [0.1, 0.15) is 18.1 Å². The van der Waals surface area contributed by atoms with E-state index >= 15 is 0 Å². The van der Waals surface area contributed by atoms with Crippen molar-refractivity contribution >= 4 is 5.70 Å². The molecule has 0 amide bonds. The monoisotopic (exact) mass is 427 g/mol. The Bertz CT molecular complexity index is 341.